The molecule has 0 fully saturated rings. The highest BCUT2D eigenvalue weighted by atomic mass is 35.5. The fourth-order valence-corrected chi connectivity index (χ4v) is 2.87. The van der Waals surface area contributed by atoms with E-state index < -0.39 is 5.97 Å². The molecule has 2 heterocycles. The Kier molecular flexibility index (Phi) is 1.94. The fourth-order valence-electron chi connectivity index (χ4n) is 1.55. The molecule has 0 saturated carbocycles. The molecular formula is C10H6ClNO2S. The summed E-state index contributed by atoms with van der Waals surface area (Å²) in [7, 11) is 0. The first-order valence-electron chi connectivity index (χ1n) is 4.39. The topological polar surface area (TPSA) is 38.3 Å². The predicted octanol–water partition coefficient (Wildman–Crippen LogP) is 2.54. The van der Waals surface area contributed by atoms with Crippen LogP contribution in [-0.4, -0.2) is 11.4 Å². The number of fused-ring (bicyclic) bond motifs is 2. The van der Waals surface area contributed by atoms with Gasteiger partial charge in [0.25, 0.3) is 0 Å². The Bertz CT molecular complexity index is 486. The summed E-state index contributed by atoms with van der Waals surface area (Å²) in [4.78, 5) is 12.3. The van der Waals surface area contributed by atoms with E-state index in [9.17, 15) is 4.79 Å². The monoisotopic (exact) mass is 239 g/mol. The number of benzene rings is 1. The maximum atomic E-state index is 11.2. The first-order valence-corrected chi connectivity index (χ1v) is 5.65. The molecule has 2 aliphatic rings. The highest BCUT2D eigenvalue weighted by Crippen LogP contribution is 2.44. The summed E-state index contributed by atoms with van der Waals surface area (Å²) in [5, 5.41) is 3.27. The van der Waals surface area contributed by atoms with Crippen LogP contribution in [0.5, 0.6) is 0 Å². The summed E-state index contributed by atoms with van der Waals surface area (Å²) in [6.07, 6.45) is 0. The van der Waals surface area contributed by atoms with Gasteiger partial charge in [-0.15, -0.1) is 0 Å². The summed E-state index contributed by atoms with van der Waals surface area (Å²) < 4.78 is 5.09. The van der Waals surface area contributed by atoms with Crippen molar-refractivity contribution in [1.29, 1.82) is 0 Å². The van der Waals surface area contributed by atoms with E-state index in [0.717, 1.165) is 10.6 Å². The second kappa shape index (κ2) is 3.18. The lowest BCUT2D eigenvalue weighted by Gasteiger charge is -2.23. The maximum absolute atomic E-state index is 11.2. The number of nitrogens with one attached hydrogen (secondary N) is 1. The first kappa shape index (κ1) is 9.12. The second-order valence-electron chi connectivity index (χ2n) is 3.20. The van der Waals surface area contributed by atoms with Crippen LogP contribution in [0.3, 0.4) is 0 Å². The van der Waals surface area contributed by atoms with E-state index in [4.69, 9.17) is 16.3 Å². The van der Waals surface area contributed by atoms with Crippen molar-refractivity contribution in [3.05, 3.63) is 35.0 Å². The smallest absolute Gasteiger partial charge is 0.353 e. The lowest BCUT2D eigenvalue weighted by Crippen LogP contribution is -2.17. The molecule has 76 valence electrons. The molecule has 0 bridgehead atoms. The van der Waals surface area contributed by atoms with Gasteiger partial charge in [-0.1, -0.05) is 35.5 Å². The van der Waals surface area contributed by atoms with Crippen molar-refractivity contribution in [2.45, 2.75) is 10.3 Å². The van der Waals surface area contributed by atoms with Crippen LogP contribution in [0.1, 0.15) is 0 Å². The van der Waals surface area contributed by atoms with Gasteiger partial charge in [0.2, 0.25) is 0 Å². The molecule has 5 heteroatoms. The Labute approximate surface area is 95.4 Å². The van der Waals surface area contributed by atoms with E-state index in [1.54, 1.807) is 0 Å². The molecule has 0 spiro atoms. The lowest BCUT2D eigenvalue weighted by atomic mass is 10.3. The highest BCUT2D eigenvalue weighted by Gasteiger charge is 2.37. The SMILES string of the molecule is O=C1OC2Sc3ccccc3NC2=C1Cl. The minimum Gasteiger partial charge on any atom is -0.440 e. The molecular weight excluding hydrogens is 234 g/mol. The Hall–Kier alpha value is -1.13. The van der Waals surface area contributed by atoms with Gasteiger partial charge >= 0.3 is 5.97 Å². The van der Waals surface area contributed by atoms with Crippen LogP contribution in [0.15, 0.2) is 39.9 Å². The zero-order valence-corrected chi connectivity index (χ0v) is 9.06. The number of hydrogen-bond donors (Lipinski definition) is 1. The molecule has 3 rings (SSSR count). The number of halogens is 1. The van der Waals surface area contributed by atoms with Crippen molar-refractivity contribution in [2.24, 2.45) is 0 Å². The standard InChI is InChI=1S/C10H6ClNO2S/c11-7-8-10(14-9(7)13)15-6-4-2-1-3-5(6)12-8/h1-4,10,12H. The van der Waals surface area contributed by atoms with Crippen LogP contribution in [0.25, 0.3) is 0 Å². The number of carbonyl (C=O) groups excluding carboxylic acids is 1. The Balaban J connectivity index is 2.07. The molecule has 0 aliphatic carbocycles. The third-order valence-electron chi connectivity index (χ3n) is 2.26. The van der Waals surface area contributed by atoms with Gasteiger partial charge in [0, 0.05) is 4.90 Å². The number of hydrogen-bond acceptors (Lipinski definition) is 4. The van der Waals surface area contributed by atoms with Crippen molar-refractivity contribution in [3.8, 4) is 0 Å². The molecule has 3 nitrogen and oxygen atoms in total. The number of ether oxygens (including phenoxy) is 1. The minimum atomic E-state index is -0.454. The quantitative estimate of drug-likeness (QED) is 0.706. The number of para-hydroxylation sites is 1. The van der Waals surface area contributed by atoms with Gasteiger partial charge in [0.05, 0.1) is 11.4 Å². The van der Waals surface area contributed by atoms with E-state index in [1.807, 2.05) is 24.3 Å². The van der Waals surface area contributed by atoms with Crippen LogP contribution in [0.2, 0.25) is 0 Å². The van der Waals surface area contributed by atoms with Crippen LogP contribution in [-0.2, 0) is 9.53 Å². The first-order chi connectivity index (χ1) is 7.25. The summed E-state index contributed by atoms with van der Waals surface area (Å²) in [6.45, 7) is 0. The summed E-state index contributed by atoms with van der Waals surface area (Å²) >= 11 is 7.32. The average Bonchev–Trinajstić information content (AvgIpc) is 2.52. The summed E-state index contributed by atoms with van der Waals surface area (Å²) in [5.74, 6) is -0.454. The van der Waals surface area contributed by atoms with Crippen LogP contribution in [0, 0.1) is 0 Å². The van der Waals surface area contributed by atoms with E-state index in [-0.39, 0.29) is 10.5 Å². The van der Waals surface area contributed by atoms with Gasteiger partial charge in [-0.25, -0.2) is 4.79 Å². The van der Waals surface area contributed by atoms with Gasteiger partial charge in [0.1, 0.15) is 5.03 Å². The van der Waals surface area contributed by atoms with E-state index in [0.29, 0.717) is 5.70 Å². The van der Waals surface area contributed by atoms with E-state index in [1.165, 1.54) is 11.8 Å². The van der Waals surface area contributed by atoms with Crippen molar-refractivity contribution in [3.63, 3.8) is 0 Å². The van der Waals surface area contributed by atoms with Gasteiger partial charge in [-0.2, -0.15) is 0 Å². The fraction of sp³-hybridized carbons (Fsp3) is 0.100. The zero-order chi connectivity index (χ0) is 10.4. The molecule has 0 saturated heterocycles. The van der Waals surface area contributed by atoms with E-state index in [2.05, 4.69) is 5.32 Å². The van der Waals surface area contributed by atoms with Crippen molar-refractivity contribution in [1.82, 2.24) is 0 Å². The summed E-state index contributed by atoms with van der Waals surface area (Å²) in [6, 6.07) is 7.79. The molecule has 1 atom stereocenters. The van der Waals surface area contributed by atoms with Crippen molar-refractivity contribution < 1.29 is 9.53 Å². The Morgan fingerprint density at radius 2 is 2.20 bits per heavy atom. The van der Waals surface area contributed by atoms with E-state index >= 15 is 0 Å². The highest BCUT2D eigenvalue weighted by molar-refractivity contribution is 8.00. The minimum absolute atomic E-state index is 0.155. The molecule has 1 aromatic carbocycles. The molecule has 2 aliphatic heterocycles. The normalized spacial score (nSPS) is 23.0. The maximum Gasteiger partial charge on any atom is 0.353 e. The Morgan fingerprint density at radius 3 is 3.07 bits per heavy atom. The van der Waals surface area contributed by atoms with Gasteiger partial charge < -0.3 is 10.1 Å². The molecule has 15 heavy (non-hydrogen) atoms. The van der Waals surface area contributed by atoms with Gasteiger partial charge in [0.15, 0.2) is 5.44 Å². The number of carbonyl (C=O) groups is 1. The second-order valence-corrected chi connectivity index (χ2v) is 4.69. The average molecular weight is 240 g/mol. The molecule has 1 unspecified atom stereocenters. The molecule has 0 aromatic heterocycles. The Morgan fingerprint density at radius 1 is 1.40 bits per heavy atom. The van der Waals surface area contributed by atoms with Gasteiger partial charge in [-0.05, 0) is 12.1 Å². The largest absolute Gasteiger partial charge is 0.440 e. The third-order valence-corrected chi connectivity index (χ3v) is 3.77. The van der Waals surface area contributed by atoms with Crippen molar-refractivity contribution >= 4 is 35.0 Å². The zero-order valence-electron chi connectivity index (χ0n) is 7.49. The van der Waals surface area contributed by atoms with Crippen LogP contribution in [0.4, 0.5) is 5.69 Å². The lowest BCUT2D eigenvalue weighted by molar-refractivity contribution is -0.136. The summed E-state index contributed by atoms with van der Waals surface area (Å²) in [5.41, 5.74) is 1.30. The third kappa shape index (κ3) is 1.33. The number of anilines is 1. The molecule has 0 radical (unpaired) electrons. The van der Waals surface area contributed by atoms with Crippen molar-refractivity contribution in [2.75, 3.05) is 5.32 Å². The number of esters is 1. The molecule has 1 aromatic rings. The number of thioether (sulfide) groups is 1. The number of rotatable bonds is 0. The van der Waals surface area contributed by atoms with Crippen LogP contribution < -0.4 is 5.32 Å². The van der Waals surface area contributed by atoms with Gasteiger partial charge in [-0.3, -0.25) is 0 Å². The van der Waals surface area contributed by atoms with Crippen LogP contribution >= 0.6 is 23.4 Å². The molecule has 0 amide bonds. The molecule has 1 N–H and O–H groups in total. The predicted molar refractivity (Wildman–Crippen MR) is 58.7 cm³/mol.